The quantitative estimate of drug-likeness (QED) is 0.737. The lowest BCUT2D eigenvalue weighted by molar-refractivity contribution is -0.120. The second-order valence-electron chi connectivity index (χ2n) is 5.72. The molecule has 3 aromatic rings. The van der Waals surface area contributed by atoms with E-state index in [1.807, 2.05) is 37.3 Å². The molecule has 0 unspecified atom stereocenters. The fraction of sp³-hybridized carbons (Fsp3) is 0.222. The number of imide groups is 1. The van der Waals surface area contributed by atoms with Crippen LogP contribution in [0.2, 0.25) is 0 Å². The van der Waals surface area contributed by atoms with E-state index in [4.69, 9.17) is 0 Å². The van der Waals surface area contributed by atoms with E-state index in [0.29, 0.717) is 10.2 Å². The molecule has 0 atom stereocenters. The number of hydrogen-bond donors (Lipinski definition) is 2. The van der Waals surface area contributed by atoms with Gasteiger partial charge in [0.05, 0.1) is 11.7 Å². The number of nitrogens with zero attached hydrogens (tertiary/aromatic N) is 2. The third-order valence-electron chi connectivity index (χ3n) is 4.01. The molecule has 0 fully saturated rings. The molecule has 2 heterocycles. The number of urea groups is 1. The Morgan fingerprint density at radius 2 is 1.96 bits per heavy atom. The first-order chi connectivity index (χ1) is 12.5. The fourth-order valence-corrected chi connectivity index (χ4v) is 3.80. The molecule has 3 amide bonds. The highest BCUT2D eigenvalue weighted by Crippen LogP contribution is 2.35. The van der Waals surface area contributed by atoms with Crippen LogP contribution in [0.25, 0.3) is 20.7 Å². The number of rotatable bonds is 4. The molecule has 0 spiro atoms. The highest BCUT2D eigenvalue weighted by Gasteiger charge is 2.16. The molecular weight excluding hydrogens is 352 g/mol. The molecular formula is C18H18N4O3S. The van der Waals surface area contributed by atoms with Crippen molar-refractivity contribution in [2.75, 3.05) is 7.05 Å². The van der Waals surface area contributed by atoms with Crippen LogP contribution in [0.4, 0.5) is 4.79 Å². The maximum absolute atomic E-state index is 12.8. The summed E-state index contributed by atoms with van der Waals surface area (Å²) in [5.74, 6) is -0.455. The van der Waals surface area contributed by atoms with Crippen LogP contribution in [0.3, 0.4) is 0 Å². The largest absolute Gasteiger partial charge is 0.341 e. The van der Waals surface area contributed by atoms with Gasteiger partial charge in [0.1, 0.15) is 4.83 Å². The minimum Gasteiger partial charge on any atom is -0.341 e. The minimum atomic E-state index is -0.572. The molecule has 0 saturated heterocycles. The van der Waals surface area contributed by atoms with Crippen LogP contribution >= 0.6 is 11.3 Å². The Bertz CT molecular complexity index is 1020. The van der Waals surface area contributed by atoms with Gasteiger partial charge in [-0.3, -0.25) is 19.5 Å². The van der Waals surface area contributed by atoms with Crippen LogP contribution in [0.15, 0.2) is 41.5 Å². The summed E-state index contributed by atoms with van der Waals surface area (Å²) in [4.78, 5) is 41.7. The number of aryl methyl sites for hydroxylation is 2. The number of thiophene rings is 1. The first-order valence-electron chi connectivity index (χ1n) is 8.06. The van der Waals surface area contributed by atoms with Gasteiger partial charge in [0.15, 0.2) is 0 Å². The highest BCUT2D eigenvalue weighted by atomic mass is 32.1. The number of hydrogen-bond acceptors (Lipinski definition) is 5. The predicted molar refractivity (Wildman–Crippen MR) is 101 cm³/mol. The lowest BCUT2D eigenvalue weighted by Crippen LogP contribution is -2.38. The van der Waals surface area contributed by atoms with Gasteiger partial charge in [-0.15, -0.1) is 11.3 Å². The molecule has 0 radical (unpaired) electrons. The molecule has 0 saturated carbocycles. The van der Waals surface area contributed by atoms with Gasteiger partial charge >= 0.3 is 6.03 Å². The van der Waals surface area contributed by atoms with Crippen molar-refractivity contribution in [2.24, 2.45) is 0 Å². The molecule has 0 aliphatic carbocycles. The SMILES string of the molecule is CNC(=O)NC(=O)CCn1cnc2sc(-c3ccccc3)c(C)c2c1=O. The van der Waals surface area contributed by atoms with Crippen LogP contribution in [0, 0.1) is 6.92 Å². The maximum Gasteiger partial charge on any atom is 0.321 e. The summed E-state index contributed by atoms with van der Waals surface area (Å²) >= 11 is 1.48. The van der Waals surface area contributed by atoms with E-state index in [2.05, 4.69) is 15.6 Å². The van der Waals surface area contributed by atoms with Crippen molar-refractivity contribution in [3.63, 3.8) is 0 Å². The summed E-state index contributed by atoms with van der Waals surface area (Å²) in [6.07, 6.45) is 1.46. The van der Waals surface area contributed by atoms with Crippen LogP contribution in [0.1, 0.15) is 12.0 Å². The lowest BCUT2D eigenvalue weighted by atomic mass is 10.1. The Labute approximate surface area is 153 Å². The number of nitrogens with one attached hydrogen (secondary N) is 2. The maximum atomic E-state index is 12.8. The standard InChI is InChI=1S/C18H18N4O3S/c1-11-14-16(26-15(11)12-6-4-3-5-7-12)20-10-22(17(14)24)9-8-13(23)21-18(25)19-2/h3-7,10H,8-9H2,1-2H3,(H2,19,21,23,25). The van der Waals surface area contributed by atoms with Crippen LogP contribution in [-0.4, -0.2) is 28.5 Å². The molecule has 8 heteroatoms. The summed E-state index contributed by atoms with van der Waals surface area (Å²) in [6.45, 7) is 2.06. The van der Waals surface area contributed by atoms with Crippen molar-refractivity contribution in [1.29, 1.82) is 0 Å². The van der Waals surface area contributed by atoms with Gasteiger partial charge in [-0.25, -0.2) is 9.78 Å². The molecule has 0 aliphatic heterocycles. The zero-order chi connectivity index (χ0) is 18.7. The molecule has 3 rings (SSSR count). The predicted octanol–water partition coefficient (Wildman–Crippen LogP) is 2.28. The normalized spacial score (nSPS) is 10.7. The van der Waals surface area contributed by atoms with E-state index in [9.17, 15) is 14.4 Å². The Morgan fingerprint density at radius 3 is 2.65 bits per heavy atom. The van der Waals surface area contributed by atoms with Crippen molar-refractivity contribution in [2.45, 2.75) is 19.9 Å². The van der Waals surface area contributed by atoms with Gasteiger partial charge in [0, 0.05) is 24.9 Å². The number of aromatic nitrogens is 2. The van der Waals surface area contributed by atoms with E-state index in [1.165, 1.54) is 29.3 Å². The second-order valence-corrected chi connectivity index (χ2v) is 6.72. The van der Waals surface area contributed by atoms with Crippen molar-refractivity contribution < 1.29 is 9.59 Å². The molecule has 26 heavy (non-hydrogen) atoms. The Kier molecular flexibility index (Phi) is 5.13. The Morgan fingerprint density at radius 1 is 1.23 bits per heavy atom. The number of fused-ring (bicyclic) bond motifs is 1. The zero-order valence-corrected chi connectivity index (χ0v) is 15.2. The zero-order valence-electron chi connectivity index (χ0n) is 14.4. The topological polar surface area (TPSA) is 93.1 Å². The Balaban J connectivity index is 1.89. The molecule has 134 valence electrons. The summed E-state index contributed by atoms with van der Waals surface area (Å²) in [5.41, 5.74) is 1.75. The Hall–Kier alpha value is -3.00. The minimum absolute atomic E-state index is 0.00917. The number of benzene rings is 1. The monoisotopic (exact) mass is 370 g/mol. The molecule has 0 aliphatic rings. The molecule has 2 N–H and O–H groups in total. The van der Waals surface area contributed by atoms with Crippen LogP contribution in [0.5, 0.6) is 0 Å². The van der Waals surface area contributed by atoms with E-state index in [0.717, 1.165) is 16.0 Å². The third kappa shape index (κ3) is 3.50. The summed E-state index contributed by atoms with van der Waals surface area (Å²) in [7, 11) is 1.43. The van der Waals surface area contributed by atoms with Crippen LogP contribution < -0.4 is 16.2 Å². The summed E-state index contributed by atoms with van der Waals surface area (Å²) in [6, 6.07) is 9.28. The average molecular weight is 370 g/mol. The number of amides is 3. The summed E-state index contributed by atoms with van der Waals surface area (Å²) in [5, 5.41) is 5.05. The van der Waals surface area contributed by atoms with E-state index < -0.39 is 11.9 Å². The van der Waals surface area contributed by atoms with Crippen molar-refractivity contribution >= 4 is 33.5 Å². The second kappa shape index (κ2) is 7.49. The fourth-order valence-electron chi connectivity index (χ4n) is 2.66. The average Bonchev–Trinajstić information content (AvgIpc) is 2.99. The van der Waals surface area contributed by atoms with Gasteiger partial charge in [-0.2, -0.15) is 0 Å². The van der Waals surface area contributed by atoms with E-state index >= 15 is 0 Å². The molecule has 1 aromatic carbocycles. The van der Waals surface area contributed by atoms with E-state index in [-0.39, 0.29) is 18.5 Å². The molecule has 2 aromatic heterocycles. The molecule has 0 bridgehead atoms. The van der Waals surface area contributed by atoms with Gasteiger partial charge in [-0.05, 0) is 18.1 Å². The first kappa shape index (κ1) is 17.8. The third-order valence-corrected chi connectivity index (χ3v) is 5.26. The first-order valence-corrected chi connectivity index (χ1v) is 8.88. The van der Waals surface area contributed by atoms with Crippen molar-refractivity contribution in [3.05, 3.63) is 52.6 Å². The summed E-state index contributed by atoms with van der Waals surface area (Å²) < 4.78 is 1.40. The van der Waals surface area contributed by atoms with Gasteiger partial charge in [0.25, 0.3) is 5.56 Å². The number of carbonyl (C=O) groups excluding carboxylic acids is 2. The number of carbonyl (C=O) groups is 2. The van der Waals surface area contributed by atoms with Crippen molar-refractivity contribution in [3.8, 4) is 10.4 Å². The van der Waals surface area contributed by atoms with Gasteiger partial charge in [0.2, 0.25) is 5.91 Å². The molecule has 7 nitrogen and oxygen atoms in total. The van der Waals surface area contributed by atoms with Gasteiger partial charge < -0.3 is 5.32 Å². The van der Waals surface area contributed by atoms with Gasteiger partial charge in [-0.1, -0.05) is 30.3 Å². The lowest BCUT2D eigenvalue weighted by Gasteiger charge is -2.06. The van der Waals surface area contributed by atoms with Crippen LogP contribution in [-0.2, 0) is 11.3 Å². The van der Waals surface area contributed by atoms with Crippen molar-refractivity contribution in [1.82, 2.24) is 20.2 Å². The smallest absolute Gasteiger partial charge is 0.321 e. The highest BCUT2D eigenvalue weighted by molar-refractivity contribution is 7.22. The van der Waals surface area contributed by atoms with E-state index in [1.54, 1.807) is 0 Å².